The molecule has 44 heavy (non-hydrogen) atoms. The average molecular weight is 621 g/mol. The molecule has 3 aromatic rings. The number of carbonyl (C=O) groups is 2. The maximum Gasteiger partial charge on any atom is 0.254 e. The Balaban J connectivity index is 1.21. The van der Waals surface area contributed by atoms with Crippen LogP contribution in [0.15, 0.2) is 36.4 Å². The van der Waals surface area contributed by atoms with Gasteiger partial charge in [-0.05, 0) is 86.3 Å². The van der Waals surface area contributed by atoms with Gasteiger partial charge in [0.1, 0.15) is 27.3 Å². The SMILES string of the molecule is CC(C)c1nnc(-c2ccc(Oc3cc(C(=O)NC4CCC5(CCOCC5)CC4)c(F)cc3CN3C[C@@H](C)CC3=O)cc2)s1. The van der Waals surface area contributed by atoms with Crippen LogP contribution in [0.1, 0.15) is 92.6 Å². The standard InChI is InChI=1S/C34H41FN4O4S/c1-21(2)32-37-38-33(44-32)23-4-6-26(7-5-23)43-29-18-27(28(35)17-24(29)20-39-19-22(3)16-30(39)40)31(41)36-25-8-10-34(11-9-25)12-14-42-15-13-34/h4-7,17-18,21-22,25H,8-16,19-20H2,1-3H3,(H,36,41)/t22-/m0/s1. The number of halogens is 1. The number of carbonyl (C=O) groups excluding carboxylic acids is 2. The Bertz CT molecular complexity index is 1490. The van der Waals surface area contributed by atoms with Crippen LogP contribution in [0.5, 0.6) is 11.5 Å². The molecule has 6 rings (SSSR count). The Hall–Kier alpha value is -3.37. The van der Waals surface area contributed by atoms with E-state index in [2.05, 4.69) is 29.4 Å². The molecule has 2 aromatic carbocycles. The first-order chi connectivity index (χ1) is 21.2. The molecular formula is C34H41FN4O4S. The number of likely N-dealkylation sites (tertiary alicyclic amines) is 1. The topological polar surface area (TPSA) is 93.7 Å². The third kappa shape index (κ3) is 6.81. The zero-order valence-electron chi connectivity index (χ0n) is 25.7. The zero-order chi connectivity index (χ0) is 30.8. The second kappa shape index (κ2) is 12.9. The molecule has 1 spiro atoms. The van der Waals surface area contributed by atoms with E-state index in [4.69, 9.17) is 9.47 Å². The van der Waals surface area contributed by atoms with Crippen LogP contribution in [0, 0.1) is 17.2 Å². The van der Waals surface area contributed by atoms with Crippen molar-refractivity contribution in [3.05, 3.63) is 58.3 Å². The van der Waals surface area contributed by atoms with Crippen molar-refractivity contribution in [2.75, 3.05) is 19.8 Å². The lowest BCUT2D eigenvalue weighted by Gasteiger charge is -2.42. The van der Waals surface area contributed by atoms with Gasteiger partial charge in [-0.2, -0.15) is 0 Å². The molecule has 3 aliphatic rings. The number of ether oxygens (including phenoxy) is 2. The van der Waals surface area contributed by atoms with Crippen LogP contribution in [-0.4, -0.2) is 52.7 Å². The summed E-state index contributed by atoms with van der Waals surface area (Å²) in [6.07, 6.45) is 6.47. The van der Waals surface area contributed by atoms with Crippen LogP contribution in [0.25, 0.3) is 10.6 Å². The molecule has 3 fully saturated rings. The van der Waals surface area contributed by atoms with Crippen molar-refractivity contribution in [3.8, 4) is 22.1 Å². The number of hydrogen-bond donors (Lipinski definition) is 1. The van der Waals surface area contributed by atoms with Gasteiger partial charge in [0.2, 0.25) is 5.91 Å². The third-order valence-corrected chi connectivity index (χ3v) is 10.6. The van der Waals surface area contributed by atoms with Crippen LogP contribution in [0.4, 0.5) is 4.39 Å². The first-order valence-corrected chi connectivity index (χ1v) is 16.6. The predicted molar refractivity (Wildman–Crippen MR) is 167 cm³/mol. The number of hydrogen-bond acceptors (Lipinski definition) is 7. The second-order valence-electron chi connectivity index (χ2n) is 13.1. The first-order valence-electron chi connectivity index (χ1n) is 15.8. The molecular weight excluding hydrogens is 579 g/mol. The highest BCUT2D eigenvalue weighted by atomic mass is 32.1. The molecule has 2 aliphatic heterocycles. The van der Waals surface area contributed by atoms with Gasteiger partial charge in [0.15, 0.2) is 0 Å². The second-order valence-corrected chi connectivity index (χ2v) is 14.1. The maximum absolute atomic E-state index is 15.6. The Morgan fingerprint density at radius 3 is 2.50 bits per heavy atom. The van der Waals surface area contributed by atoms with Crippen LogP contribution >= 0.6 is 11.3 Å². The summed E-state index contributed by atoms with van der Waals surface area (Å²) in [5.41, 5.74) is 1.71. The lowest BCUT2D eigenvalue weighted by atomic mass is 9.68. The highest BCUT2D eigenvalue weighted by Crippen LogP contribution is 2.44. The Labute approximate surface area is 262 Å². The Morgan fingerprint density at radius 2 is 1.86 bits per heavy atom. The van der Waals surface area contributed by atoms with Crippen molar-refractivity contribution in [2.24, 2.45) is 11.3 Å². The van der Waals surface area contributed by atoms with E-state index in [1.165, 1.54) is 12.1 Å². The summed E-state index contributed by atoms with van der Waals surface area (Å²) < 4.78 is 27.4. The minimum Gasteiger partial charge on any atom is -0.457 e. The highest BCUT2D eigenvalue weighted by Gasteiger charge is 2.37. The van der Waals surface area contributed by atoms with Crippen LogP contribution in [0.3, 0.4) is 0 Å². The molecule has 0 bridgehead atoms. The van der Waals surface area contributed by atoms with Crippen LogP contribution < -0.4 is 10.1 Å². The van der Waals surface area contributed by atoms with Gasteiger partial charge in [-0.3, -0.25) is 9.59 Å². The van der Waals surface area contributed by atoms with E-state index < -0.39 is 11.7 Å². The maximum atomic E-state index is 15.6. The molecule has 0 unspecified atom stereocenters. The lowest BCUT2D eigenvalue weighted by Crippen LogP contribution is -2.42. The third-order valence-electron chi connectivity index (χ3n) is 9.36. The quantitative estimate of drug-likeness (QED) is 0.289. The summed E-state index contributed by atoms with van der Waals surface area (Å²) in [4.78, 5) is 27.7. The first kappa shape index (κ1) is 30.6. The number of aromatic nitrogens is 2. The fourth-order valence-corrected chi connectivity index (χ4v) is 7.49. The monoisotopic (exact) mass is 620 g/mol. The summed E-state index contributed by atoms with van der Waals surface area (Å²) in [7, 11) is 0. The number of rotatable bonds is 8. The van der Waals surface area contributed by atoms with Crippen molar-refractivity contribution < 1.29 is 23.5 Å². The van der Waals surface area contributed by atoms with E-state index in [-0.39, 0.29) is 30.0 Å². The van der Waals surface area contributed by atoms with Crippen molar-refractivity contribution in [3.63, 3.8) is 0 Å². The molecule has 1 aliphatic carbocycles. The van der Waals surface area contributed by atoms with Gasteiger partial charge in [0.05, 0.1) is 5.56 Å². The van der Waals surface area contributed by atoms with Crippen LogP contribution in [0.2, 0.25) is 0 Å². The Morgan fingerprint density at radius 1 is 1.14 bits per heavy atom. The summed E-state index contributed by atoms with van der Waals surface area (Å²) in [5, 5.41) is 13.5. The van der Waals surface area contributed by atoms with E-state index in [9.17, 15) is 9.59 Å². The summed E-state index contributed by atoms with van der Waals surface area (Å²) in [6.45, 7) is 8.64. The molecule has 2 amide bonds. The van der Waals surface area contributed by atoms with Crippen molar-refractivity contribution in [1.82, 2.24) is 20.4 Å². The highest BCUT2D eigenvalue weighted by molar-refractivity contribution is 7.14. The number of nitrogens with zero attached hydrogens (tertiary/aromatic N) is 3. The summed E-state index contributed by atoms with van der Waals surface area (Å²) in [6, 6.07) is 10.3. The van der Waals surface area contributed by atoms with Crippen molar-refractivity contribution in [2.45, 2.75) is 84.2 Å². The minimum atomic E-state index is -0.617. The Kier molecular flexibility index (Phi) is 9.01. The average Bonchev–Trinajstić information content (AvgIpc) is 3.63. The molecule has 10 heteroatoms. The number of amides is 2. The zero-order valence-corrected chi connectivity index (χ0v) is 26.6. The van der Waals surface area contributed by atoms with Gasteiger partial charge >= 0.3 is 0 Å². The fraction of sp³-hybridized carbons (Fsp3) is 0.529. The van der Waals surface area contributed by atoms with E-state index in [1.54, 1.807) is 16.2 Å². The molecule has 234 valence electrons. The lowest BCUT2D eigenvalue weighted by molar-refractivity contribution is -0.128. The van der Waals surface area contributed by atoms with E-state index >= 15 is 4.39 Å². The molecule has 8 nitrogen and oxygen atoms in total. The van der Waals surface area contributed by atoms with E-state index in [1.807, 2.05) is 31.2 Å². The van der Waals surface area contributed by atoms with Gasteiger partial charge in [-0.25, -0.2) is 4.39 Å². The van der Waals surface area contributed by atoms with Gasteiger partial charge in [-0.1, -0.05) is 32.1 Å². The summed E-state index contributed by atoms with van der Waals surface area (Å²) in [5.74, 6) is 0.420. The van der Waals surface area contributed by atoms with Gasteiger partial charge in [-0.15, -0.1) is 10.2 Å². The van der Waals surface area contributed by atoms with Gasteiger partial charge < -0.3 is 19.7 Å². The van der Waals surface area contributed by atoms with Crippen molar-refractivity contribution >= 4 is 23.2 Å². The normalized spacial score (nSPS) is 20.4. The summed E-state index contributed by atoms with van der Waals surface area (Å²) >= 11 is 1.56. The predicted octanol–water partition coefficient (Wildman–Crippen LogP) is 7.10. The molecule has 1 aromatic heterocycles. The van der Waals surface area contributed by atoms with Crippen molar-refractivity contribution in [1.29, 1.82) is 0 Å². The molecule has 1 atom stereocenters. The molecule has 1 saturated carbocycles. The van der Waals surface area contributed by atoms with Crippen LogP contribution in [-0.2, 0) is 16.1 Å². The number of benzene rings is 2. The molecule has 2 saturated heterocycles. The minimum absolute atomic E-state index is 0.00670. The molecule has 0 radical (unpaired) electrons. The molecule has 1 N–H and O–H groups in total. The smallest absolute Gasteiger partial charge is 0.254 e. The molecule has 3 heterocycles. The fourth-order valence-electron chi connectivity index (χ4n) is 6.63. The largest absolute Gasteiger partial charge is 0.457 e. The number of nitrogens with one attached hydrogen (secondary N) is 1. The van der Waals surface area contributed by atoms with Gasteiger partial charge in [0, 0.05) is 55.8 Å². The van der Waals surface area contributed by atoms with E-state index in [0.29, 0.717) is 41.4 Å². The van der Waals surface area contributed by atoms with Gasteiger partial charge in [0.25, 0.3) is 5.91 Å². The van der Waals surface area contributed by atoms with E-state index in [0.717, 1.165) is 67.3 Å².